The molecule has 0 aromatic carbocycles. The molecule has 20 heavy (non-hydrogen) atoms. The molecule has 0 saturated carbocycles. The van der Waals surface area contributed by atoms with Crippen LogP contribution in [0.25, 0.3) is 0 Å². The maximum Gasteiger partial charge on any atom is 0.410 e. The largest absolute Gasteiger partial charge is 0.472 e. The fraction of sp³-hybridized carbons (Fsp3) is 0.571. The van der Waals surface area contributed by atoms with E-state index in [0.717, 1.165) is 11.0 Å². The first-order valence-corrected chi connectivity index (χ1v) is 7.40. The van der Waals surface area contributed by atoms with Crippen LogP contribution in [-0.4, -0.2) is 40.8 Å². The molecule has 0 unspecified atom stereocenters. The molecule has 0 N–H and O–H groups in total. The minimum Gasteiger partial charge on any atom is -0.472 e. The smallest absolute Gasteiger partial charge is 0.410 e. The summed E-state index contributed by atoms with van der Waals surface area (Å²) >= 11 is 3.30. The lowest BCUT2D eigenvalue weighted by atomic mass is 10.2. The summed E-state index contributed by atoms with van der Waals surface area (Å²) in [7, 11) is 0. The van der Waals surface area contributed by atoms with Crippen LogP contribution < -0.4 is 4.74 Å². The monoisotopic (exact) mass is 342 g/mol. The number of amides is 1. The number of nitrogens with zero attached hydrogens (tertiary/aromatic N) is 2. The zero-order valence-corrected chi connectivity index (χ0v) is 13.5. The molecule has 0 radical (unpaired) electrons. The lowest BCUT2D eigenvalue weighted by Gasteiger charge is -2.24. The molecule has 0 bridgehead atoms. The van der Waals surface area contributed by atoms with Crippen molar-refractivity contribution in [3.05, 3.63) is 22.8 Å². The van der Waals surface area contributed by atoms with Crippen LogP contribution in [0.1, 0.15) is 27.2 Å². The van der Waals surface area contributed by atoms with Gasteiger partial charge in [0, 0.05) is 19.0 Å². The third-order valence-electron chi connectivity index (χ3n) is 2.77. The van der Waals surface area contributed by atoms with E-state index in [9.17, 15) is 4.79 Å². The highest BCUT2D eigenvalue weighted by Gasteiger charge is 2.31. The molecule has 1 fully saturated rings. The van der Waals surface area contributed by atoms with Crippen LogP contribution in [0.2, 0.25) is 0 Å². The highest BCUT2D eigenvalue weighted by molar-refractivity contribution is 9.10. The molecule has 6 heteroatoms. The van der Waals surface area contributed by atoms with Crippen molar-refractivity contribution in [2.75, 3.05) is 13.1 Å². The second kappa shape index (κ2) is 5.99. The predicted octanol–water partition coefficient (Wildman–Crippen LogP) is 3.23. The van der Waals surface area contributed by atoms with E-state index in [1.54, 1.807) is 11.0 Å². The van der Waals surface area contributed by atoms with Gasteiger partial charge >= 0.3 is 6.09 Å². The van der Waals surface area contributed by atoms with E-state index >= 15 is 0 Å². The van der Waals surface area contributed by atoms with Crippen molar-refractivity contribution >= 4 is 22.0 Å². The molecule has 1 aliphatic heterocycles. The summed E-state index contributed by atoms with van der Waals surface area (Å²) in [6, 6.07) is 5.52. The molecule has 1 aromatic heterocycles. The fourth-order valence-corrected chi connectivity index (χ4v) is 2.27. The van der Waals surface area contributed by atoms with Gasteiger partial charge in [0.25, 0.3) is 0 Å². The summed E-state index contributed by atoms with van der Waals surface area (Å²) in [6.45, 7) is 6.76. The first-order chi connectivity index (χ1) is 9.33. The second-order valence-electron chi connectivity index (χ2n) is 5.75. The Kier molecular flexibility index (Phi) is 4.52. The Morgan fingerprint density at radius 3 is 2.85 bits per heavy atom. The molecule has 1 aromatic rings. The minimum atomic E-state index is -0.470. The number of ether oxygens (including phenoxy) is 2. The molecule has 5 nitrogen and oxygen atoms in total. The number of carbonyl (C=O) groups excluding carboxylic acids is 1. The van der Waals surface area contributed by atoms with Crippen molar-refractivity contribution in [3.8, 4) is 5.88 Å². The van der Waals surface area contributed by atoms with E-state index in [0.29, 0.717) is 19.0 Å². The molecule has 2 heterocycles. The van der Waals surface area contributed by atoms with Crippen molar-refractivity contribution in [3.63, 3.8) is 0 Å². The molecule has 0 aliphatic carbocycles. The highest BCUT2D eigenvalue weighted by Crippen LogP contribution is 2.20. The van der Waals surface area contributed by atoms with Gasteiger partial charge in [-0.15, -0.1) is 0 Å². The Bertz CT molecular complexity index is 488. The van der Waals surface area contributed by atoms with Gasteiger partial charge < -0.3 is 14.4 Å². The van der Waals surface area contributed by atoms with Crippen LogP contribution in [-0.2, 0) is 4.74 Å². The molecule has 110 valence electrons. The van der Waals surface area contributed by atoms with Crippen LogP contribution in [0, 0.1) is 0 Å². The SMILES string of the molecule is CC(C)(C)OC(=O)N1CC[C@@H](Oc2cccc(Br)n2)C1. The minimum absolute atomic E-state index is 0.0377. The number of aromatic nitrogens is 1. The number of halogens is 1. The van der Waals surface area contributed by atoms with Gasteiger partial charge in [0.05, 0.1) is 6.54 Å². The van der Waals surface area contributed by atoms with Crippen LogP contribution >= 0.6 is 15.9 Å². The summed E-state index contributed by atoms with van der Waals surface area (Å²) in [5.41, 5.74) is -0.470. The summed E-state index contributed by atoms with van der Waals surface area (Å²) < 4.78 is 11.9. The first-order valence-electron chi connectivity index (χ1n) is 6.60. The summed E-state index contributed by atoms with van der Waals surface area (Å²) in [5, 5.41) is 0. The van der Waals surface area contributed by atoms with Gasteiger partial charge in [-0.05, 0) is 42.8 Å². The third kappa shape index (κ3) is 4.37. The van der Waals surface area contributed by atoms with Crippen molar-refractivity contribution in [1.29, 1.82) is 0 Å². The zero-order valence-electron chi connectivity index (χ0n) is 11.9. The van der Waals surface area contributed by atoms with E-state index in [1.807, 2.05) is 32.9 Å². The van der Waals surface area contributed by atoms with Gasteiger partial charge in [-0.2, -0.15) is 0 Å². The zero-order chi connectivity index (χ0) is 14.8. The normalized spacial score (nSPS) is 19.0. The Labute approximate surface area is 127 Å². The Balaban J connectivity index is 1.88. The first kappa shape index (κ1) is 15.1. The van der Waals surface area contributed by atoms with E-state index in [4.69, 9.17) is 9.47 Å². The Morgan fingerprint density at radius 2 is 2.20 bits per heavy atom. The number of hydrogen-bond acceptors (Lipinski definition) is 4. The third-order valence-corrected chi connectivity index (χ3v) is 3.22. The Morgan fingerprint density at radius 1 is 1.45 bits per heavy atom. The molecular weight excluding hydrogens is 324 g/mol. The van der Waals surface area contributed by atoms with Gasteiger partial charge in [0.1, 0.15) is 16.3 Å². The molecule has 2 rings (SSSR count). The highest BCUT2D eigenvalue weighted by atomic mass is 79.9. The van der Waals surface area contributed by atoms with Crippen LogP contribution in [0.15, 0.2) is 22.8 Å². The molecule has 1 saturated heterocycles. The number of pyridine rings is 1. The van der Waals surface area contributed by atoms with Gasteiger partial charge in [0.15, 0.2) is 0 Å². The number of hydrogen-bond donors (Lipinski definition) is 0. The molecule has 1 atom stereocenters. The number of rotatable bonds is 2. The molecular formula is C14H19BrN2O3. The van der Waals surface area contributed by atoms with Crippen molar-refractivity contribution in [1.82, 2.24) is 9.88 Å². The number of likely N-dealkylation sites (tertiary alicyclic amines) is 1. The lowest BCUT2D eigenvalue weighted by Crippen LogP contribution is -2.36. The maximum absolute atomic E-state index is 11.9. The summed E-state index contributed by atoms with van der Waals surface area (Å²) in [4.78, 5) is 17.8. The van der Waals surface area contributed by atoms with Gasteiger partial charge in [-0.3, -0.25) is 0 Å². The fourth-order valence-electron chi connectivity index (χ4n) is 1.94. The molecule has 1 aliphatic rings. The van der Waals surface area contributed by atoms with Gasteiger partial charge in [-0.25, -0.2) is 9.78 Å². The topological polar surface area (TPSA) is 51.7 Å². The lowest BCUT2D eigenvalue weighted by molar-refractivity contribution is 0.0275. The van der Waals surface area contributed by atoms with Crippen molar-refractivity contribution in [2.24, 2.45) is 0 Å². The van der Waals surface area contributed by atoms with E-state index < -0.39 is 5.60 Å². The van der Waals surface area contributed by atoms with Crippen molar-refractivity contribution < 1.29 is 14.3 Å². The predicted molar refractivity (Wildman–Crippen MR) is 78.8 cm³/mol. The van der Waals surface area contributed by atoms with Crippen molar-refractivity contribution in [2.45, 2.75) is 38.9 Å². The maximum atomic E-state index is 11.9. The van der Waals surface area contributed by atoms with Crippen LogP contribution in [0.3, 0.4) is 0 Å². The standard InChI is InChI=1S/C14H19BrN2O3/c1-14(2,3)20-13(18)17-8-7-10(9-17)19-12-6-4-5-11(15)16-12/h4-6,10H,7-9H2,1-3H3/t10-/m1/s1. The van der Waals surface area contributed by atoms with E-state index in [2.05, 4.69) is 20.9 Å². The number of carbonyl (C=O) groups is 1. The van der Waals surface area contributed by atoms with Gasteiger partial charge in [-0.1, -0.05) is 6.07 Å². The summed E-state index contributed by atoms with van der Waals surface area (Å²) in [6.07, 6.45) is 0.461. The van der Waals surface area contributed by atoms with E-state index in [-0.39, 0.29) is 12.2 Å². The average Bonchev–Trinajstić information content (AvgIpc) is 2.75. The summed E-state index contributed by atoms with van der Waals surface area (Å²) in [5.74, 6) is 0.565. The molecule has 1 amide bonds. The van der Waals surface area contributed by atoms with Gasteiger partial charge in [0.2, 0.25) is 5.88 Å². The second-order valence-corrected chi connectivity index (χ2v) is 6.57. The van der Waals surface area contributed by atoms with Crippen LogP contribution in [0.4, 0.5) is 4.79 Å². The molecule has 0 spiro atoms. The van der Waals surface area contributed by atoms with Crippen LogP contribution in [0.5, 0.6) is 5.88 Å². The van der Waals surface area contributed by atoms with E-state index in [1.165, 1.54) is 0 Å². The Hall–Kier alpha value is -1.30. The average molecular weight is 343 g/mol. The quantitative estimate of drug-likeness (QED) is 0.774.